The molecule has 0 spiro atoms. The lowest BCUT2D eigenvalue weighted by molar-refractivity contribution is -0.384. The minimum absolute atomic E-state index is 0.0932. The van der Waals surface area contributed by atoms with Gasteiger partial charge in [-0.25, -0.2) is 8.42 Å². The second kappa shape index (κ2) is 9.99. The summed E-state index contributed by atoms with van der Waals surface area (Å²) in [6, 6.07) is 10.9. The van der Waals surface area contributed by atoms with Crippen LogP contribution in [0.25, 0.3) is 0 Å². The zero-order valence-corrected chi connectivity index (χ0v) is 17.3. The molecule has 156 valence electrons. The first-order valence-electron chi connectivity index (χ1n) is 9.14. The Morgan fingerprint density at radius 3 is 2.34 bits per heavy atom. The molecule has 0 heterocycles. The highest BCUT2D eigenvalue weighted by Gasteiger charge is 2.25. The van der Waals surface area contributed by atoms with Crippen molar-refractivity contribution in [3.05, 3.63) is 58.1 Å². The van der Waals surface area contributed by atoms with Gasteiger partial charge in [-0.2, -0.15) is 9.41 Å². The third-order valence-corrected chi connectivity index (χ3v) is 6.14. The van der Waals surface area contributed by atoms with Crippen LogP contribution in [0.4, 0.5) is 11.4 Å². The topological polar surface area (TPSA) is 114 Å². The van der Waals surface area contributed by atoms with Crippen LogP contribution in [-0.4, -0.2) is 43.6 Å². The van der Waals surface area contributed by atoms with Crippen LogP contribution in [0.1, 0.15) is 26.3 Å². The van der Waals surface area contributed by atoms with Crippen LogP contribution in [0, 0.1) is 10.1 Å². The molecule has 0 radical (unpaired) electrons. The summed E-state index contributed by atoms with van der Waals surface area (Å²) in [5.74, 6) is 0.734. The number of nitro groups is 1. The number of anilines is 1. The Hall–Kier alpha value is -2.98. The maximum absolute atomic E-state index is 12.6. The highest BCUT2D eigenvalue weighted by molar-refractivity contribution is 7.89. The lowest BCUT2D eigenvalue weighted by Gasteiger charge is -2.18. The predicted octanol–water partition coefficient (Wildman–Crippen LogP) is 3.47. The Bertz CT molecular complexity index is 971. The molecule has 0 atom stereocenters. The van der Waals surface area contributed by atoms with E-state index in [1.165, 1.54) is 22.7 Å². The molecule has 0 bridgehead atoms. The highest BCUT2D eigenvalue weighted by Crippen LogP contribution is 2.29. The second-order valence-electron chi connectivity index (χ2n) is 5.90. The number of hydrazone groups is 1. The number of nitrogens with one attached hydrogen (secondary N) is 1. The summed E-state index contributed by atoms with van der Waals surface area (Å²) in [5, 5.41) is 15.4. The van der Waals surface area contributed by atoms with Crippen LogP contribution in [0.5, 0.6) is 5.75 Å². The smallest absolute Gasteiger partial charge is 0.295 e. The van der Waals surface area contributed by atoms with Crippen molar-refractivity contribution in [3.63, 3.8) is 0 Å². The number of benzene rings is 2. The van der Waals surface area contributed by atoms with E-state index >= 15 is 0 Å². The predicted molar refractivity (Wildman–Crippen MR) is 112 cm³/mol. The van der Waals surface area contributed by atoms with E-state index in [0.717, 1.165) is 17.4 Å². The van der Waals surface area contributed by atoms with E-state index in [0.29, 0.717) is 6.61 Å². The average molecular weight is 420 g/mol. The maximum Gasteiger partial charge on any atom is 0.295 e. The van der Waals surface area contributed by atoms with Gasteiger partial charge in [-0.1, -0.05) is 13.8 Å². The van der Waals surface area contributed by atoms with Crippen LogP contribution in [0.2, 0.25) is 0 Å². The number of sulfonamides is 1. The molecule has 0 aliphatic carbocycles. The molecular formula is C19H24N4O5S. The van der Waals surface area contributed by atoms with Crippen molar-refractivity contribution in [1.82, 2.24) is 4.31 Å². The minimum atomic E-state index is -3.80. The zero-order valence-electron chi connectivity index (χ0n) is 16.5. The molecular weight excluding hydrogens is 396 g/mol. The van der Waals surface area contributed by atoms with Gasteiger partial charge in [-0.15, -0.1) is 0 Å². The SMILES string of the molecule is CCOc1ccc(C=NNc2ccc(S(=O)(=O)N(CC)CC)cc2[N+](=O)[O-])cc1. The molecule has 0 saturated heterocycles. The molecule has 0 saturated carbocycles. The van der Waals surface area contributed by atoms with Crippen LogP contribution < -0.4 is 10.2 Å². The summed E-state index contributed by atoms with van der Waals surface area (Å²) in [7, 11) is -3.80. The van der Waals surface area contributed by atoms with E-state index in [2.05, 4.69) is 10.5 Å². The molecule has 10 heteroatoms. The van der Waals surface area contributed by atoms with Crippen molar-refractivity contribution in [2.45, 2.75) is 25.7 Å². The van der Waals surface area contributed by atoms with Gasteiger partial charge in [0.05, 0.1) is 22.6 Å². The van der Waals surface area contributed by atoms with Gasteiger partial charge in [-0.05, 0) is 48.9 Å². The lowest BCUT2D eigenvalue weighted by Crippen LogP contribution is -2.30. The van der Waals surface area contributed by atoms with Crippen LogP contribution in [0.3, 0.4) is 0 Å². The van der Waals surface area contributed by atoms with Gasteiger partial charge in [0.25, 0.3) is 5.69 Å². The number of nitrogens with zero attached hydrogens (tertiary/aromatic N) is 3. The summed E-state index contributed by atoms with van der Waals surface area (Å²) in [5.41, 5.74) is 3.09. The molecule has 0 aromatic heterocycles. The van der Waals surface area contributed by atoms with Crippen molar-refractivity contribution in [3.8, 4) is 5.75 Å². The Balaban J connectivity index is 2.24. The van der Waals surface area contributed by atoms with Gasteiger partial charge < -0.3 is 4.74 Å². The summed E-state index contributed by atoms with van der Waals surface area (Å²) in [6.45, 7) is 6.43. The van der Waals surface area contributed by atoms with Gasteiger partial charge in [0.1, 0.15) is 11.4 Å². The van der Waals surface area contributed by atoms with Crippen LogP contribution in [-0.2, 0) is 10.0 Å². The van der Waals surface area contributed by atoms with Gasteiger partial charge in [0.2, 0.25) is 10.0 Å². The van der Waals surface area contributed by atoms with E-state index in [1.54, 1.807) is 38.1 Å². The van der Waals surface area contributed by atoms with Crippen molar-refractivity contribution in [2.24, 2.45) is 5.10 Å². The Morgan fingerprint density at radius 2 is 1.79 bits per heavy atom. The van der Waals surface area contributed by atoms with Crippen LogP contribution in [0.15, 0.2) is 52.5 Å². The lowest BCUT2D eigenvalue weighted by atomic mass is 10.2. The van der Waals surface area contributed by atoms with E-state index in [4.69, 9.17) is 4.74 Å². The zero-order chi connectivity index (χ0) is 21.4. The first-order chi connectivity index (χ1) is 13.8. The van der Waals surface area contributed by atoms with Gasteiger partial charge >= 0.3 is 0 Å². The number of ether oxygens (including phenoxy) is 1. The summed E-state index contributed by atoms with van der Waals surface area (Å²) >= 11 is 0. The van der Waals surface area contributed by atoms with Gasteiger partial charge in [-0.3, -0.25) is 15.5 Å². The fourth-order valence-corrected chi connectivity index (χ4v) is 4.10. The van der Waals surface area contributed by atoms with Gasteiger partial charge in [0, 0.05) is 19.2 Å². The normalized spacial score (nSPS) is 11.7. The number of rotatable bonds is 10. The molecule has 0 fully saturated rings. The molecule has 2 aromatic carbocycles. The molecule has 1 N–H and O–H groups in total. The van der Waals surface area contributed by atoms with Crippen molar-refractivity contribution < 1.29 is 18.1 Å². The Labute approximate surface area is 170 Å². The molecule has 0 unspecified atom stereocenters. The molecule has 0 aliphatic rings. The highest BCUT2D eigenvalue weighted by atomic mass is 32.2. The molecule has 29 heavy (non-hydrogen) atoms. The first kappa shape index (κ1) is 22.3. The number of hydrogen-bond donors (Lipinski definition) is 1. The standard InChI is InChI=1S/C19H24N4O5S/c1-4-22(5-2)29(26,27)17-11-12-18(19(13-17)23(24)25)21-20-14-15-7-9-16(10-8-15)28-6-3/h7-14,21H,4-6H2,1-3H3. The summed E-state index contributed by atoms with van der Waals surface area (Å²) in [4.78, 5) is 10.7. The molecule has 0 amide bonds. The van der Waals surface area contributed by atoms with E-state index in [-0.39, 0.29) is 29.4 Å². The third kappa shape index (κ3) is 5.52. The Kier molecular flexibility index (Phi) is 7.68. The second-order valence-corrected chi connectivity index (χ2v) is 7.84. The molecule has 0 aliphatic heterocycles. The van der Waals surface area contributed by atoms with Crippen molar-refractivity contribution >= 4 is 27.6 Å². The molecule has 9 nitrogen and oxygen atoms in total. The molecule has 2 rings (SSSR count). The van der Waals surface area contributed by atoms with E-state index in [1.807, 2.05) is 6.92 Å². The van der Waals surface area contributed by atoms with Crippen LogP contribution >= 0.6 is 0 Å². The average Bonchev–Trinajstić information content (AvgIpc) is 2.70. The van der Waals surface area contributed by atoms with Gasteiger partial charge in [0.15, 0.2) is 0 Å². The van der Waals surface area contributed by atoms with Crippen molar-refractivity contribution in [1.29, 1.82) is 0 Å². The fraction of sp³-hybridized carbons (Fsp3) is 0.316. The van der Waals surface area contributed by atoms with E-state index in [9.17, 15) is 18.5 Å². The number of nitro benzene ring substituents is 1. The summed E-state index contributed by atoms with van der Waals surface area (Å²) < 4.78 is 31.8. The number of hydrogen-bond acceptors (Lipinski definition) is 7. The maximum atomic E-state index is 12.6. The fourth-order valence-electron chi connectivity index (χ4n) is 2.62. The first-order valence-corrected chi connectivity index (χ1v) is 10.6. The van der Waals surface area contributed by atoms with E-state index < -0.39 is 14.9 Å². The Morgan fingerprint density at radius 1 is 1.14 bits per heavy atom. The monoisotopic (exact) mass is 420 g/mol. The largest absolute Gasteiger partial charge is 0.494 e. The minimum Gasteiger partial charge on any atom is -0.494 e. The quantitative estimate of drug-likeness (QED) is 0.358. The summed E-state index contributed by atoms with van der Waals surface area (Å²) in [6.07, 6.45) is 1.50. The van der Waals surface area contributed by atoms with Crippen molar-refractivity contribution in [2.75, 3.05) is 25.1 Å². The molecule has 2 aromatic rings. The third-order valence-electron chi connectivity index (χ3n) is 4.10.